The van der Waals surface area contributed by atoms with Gasteiger partial charge in [-0.1, -0.05) is 12.1 Å². The number of nitrogens with one attached hydrogen (secondary N) is 1. The highest BCUT2D eigenvalue weighted by Gasteiger charge is 2.28. The minimum atomic E-state index is -3.39. The average molecular weight is 358 g/mol. The van der Waals surface area contributed by atoms with E-state index in [1.54, 1.807) is 38.1 Å². The van der Waals surface area contributed by atoms with E-state index in [0.29, 0.717) is 16.9 Å². The van der Waals surface area contributed by atoms with Crippen LogP contribution in [0.3, 0.4) is 0 Å². The van der Waals surface area contributed by atoms with Crippen LogP contribution < -0.4 is 10.2 Å². The predicted octanol–water partition coefficient (Wildman–Crippen LogP) is 2.47. The molecule has 2 amide bonds. The Morgan fingerprint density at radius 2 is 1.72 bits per heavy atom. The van der Waals surface area contributed by atoms with Crippen molar-refractivity contribution in [2.75, 3.05) is 16.8 Å². The highest BCUT2D eigenvalue weighted by Crippen LogP contribution is 2.30. The molecule has 0 saturated heterocycles. The maximum Gasteiger partial charge on any atom is 0.258 e. The normalized spacial score (nSPS) is 14.2. The first-order valence-electron chi connectivity index (χ1n) is 7.85. The van der Waals surface area contributed by atoms with Crippen molar-refractivity contribution in [1.82, 2.24) is 0 Å². The average Bonchev–Trinajstić information content (AvgIpc) is 2.60. The molecule has 0 unspecified atom stereocenters. The van der Waals surface area contributed by atoms with Gasteiger partial charge in [0, 0.05) is 5.56 Å². The summed E-state index contributed by atoms with van der Waals surface area (Å²) in [4.78, 5) is 26.2. The number of hydrogen-bond acceptors (Lipinski definition) is 4. The molecule has 0 bridgehead atoms. The number of anilines is 2. The van der Waals surface area contributed by atoms with E-state index in [1.807, 2.05) is 0 Å². The number of nitrogens with zero attached hydrogens (tertiary/aromatic N) is 1. The second-order valence-electron chi connectivity index (χ2n) is 6.07. The second kappa shape index (κ2) is 6.33. The summed E-state index contributed by atoms with van der Waals surface area (Å²) in [6.07, 6.45) is 0. The molecule has 1 heterocycles. The Bertz CT molecular complexity index is 934. The van der Waals surface area contributed by atoms with E-state index in [2.05, 4.69) is 5.32 Å². The molecule has 1 N–H and O–H groups in total. The molecule has 7 heteroatoms. The fourth-order valence-electron chi connectivity index (χ4n) is 2.63. The van der Waals surface area contributed by atoms with Crippen LogP contribution in [0.4, 0.5) is 11.4 Å². The Labute approximate surface area is 146 Å². The van der Waals surface area contributed by atoms with Crippen molar-refractivity contribution >= 4 is 33.0 Å². The molecule has 2 aromatic rings. The summed E-state index contributed by atoms with van der Waals surface area (Å²) in [5.41, 5.74) is 1.52. The molecular weight excluding hydrogens is 340 g/mol. The molecule has 0 aromatic heterocycles. The van der Waals surface area contributed by atoms with E-state index in [-0.39, 0.29) is 23.3 Å². The van der Waals surface area contributed by atoms with Gasteiger partial charge in [0.25, 0.3) is 5.91 Å². The first-order valence-corrected chi connectivity index (χ1v) is 9.40. The SMILES string of the molecule is CC(C)S(=O)(=O)c1ccc(C(=O)N2CC(=O)Nc3ccccc32)cc1. The van der Waals surface area contributed by atoms with Crippen molar-refractivity contribution in [3.8, 4) is 0 Å². The Morgan fingerprint density at radius 1 is 1.08 bits per heavy atom. The van der Waals surface area contributed by atoms with Crippen LogP contribution in [-0.2, 0) is 14.6 Å². The van der Waals surface area contributed by atoms with Crippen LogP contribution in [0, 0.1) is 0 Å². The summed E-state index contributed by atoms with van der Waals surface area (Å²) in [5, 5.41) is 2.19. The lowest BCUT2D eigenvalue weighted by atomic mass is 10.1. The van der Waals surface area contributed by atoms with Crippen LogP contribution in [0.25, 0.3) is 0 Å². The van der Waals surface area contributed by atoms with Crippen molar-refractivity contribution in [3.05, 3.63) is 54.1 Å². The first kappa shape index (κ1) is 17.2. The van der Waals surface area contributed by atoms with Crippen molar-refractivity contribution in [3.63, 3.8) is 0 Å². The molecule has 0 saturated carbocycles. The molecule has 0 radical (unpaired) electrons. The van der Waals surface area contributed by atoms with Gasteiger partial charge in [-0.15, -0.1) is 0 Å². The van der Waals surface area contributed by atoms with Crippen molar-refractivity contribution < 1.29 is 18.0 Å². The number of benzene rings is 2. The fourth-order valence-corrected chi connectivity index (χ4v) is 3.69. The maximum absolute atomic E-state index is 12.8. The predicted molar refractivity (Wildman–Crippen MR) is 95.5 cm³/mol. The van der Waals surface area contributed by atoms with Gasteiger partial charge in [-0.3, -0.25) is 14.5 Å². The van der Waals surface area contributed by atoms with E-state index >= 15 is 0 Å². The van der Waals surface area contributed by atoms with E-state index in [0.717, 1.165) is 0 Å². The zero-order valence-corrected chi connectivity index (χ0v) is 14.7. The number of hydrogen-bond donors (Lipinski definition) is 1. The van der Waals surface area contributed by atoms with Gasteiger partial charge in [0.2, 0.25) is 5.91 Å². The van der Waals surface area contributed by atoms with Crippen molar-refractivity contribution in [2.24, 2.45) is 0 Å². The second-order valence-corrected chi connectivity index (χ2v) is 8.58. The summed E-state index contributed by atoms with van der Waals surface area (Å²) in [6.45, 7) is 3.14. The van der Waals surface area contributed by atoms with Gasteiger partial charge in [-0.25, -0.2) is 8.42 Å². The molecule has 130 valence electrons. The zero-order valence-electron chi connectivity index (χ0n) is 13.9. The monoisotopic (exact) mass is 358 g/mol. The summed E-state index contributed by atoms with van der Waals surface area (Å²) in [5.74, 6) is -0.623. The van der Waals surface area contributed by atoms with E-state index in [1.165, 1.54) is 29.2 Å². The van der Waals surface area contributed by atoms with Gasteiger partial charge in [0.05, 0.1) is 21.5 Å². The van der Waals surface area contributed by atoms with Crippen molar-refractivity contribution in [1.29, 1.82) is 0 Å². The Kier molecular flexibility index (Phi) is 4.34. The molecule has 25 heavy (non-hydrogen) atoms. The lowest BCUT2D eigenvalue weighted by molar-refractivity contribution is -0.115. The molecule has 6 nitrogen and oxygen atoms in total. The Morgan fingerprint density at radius 3 is 2.36 bits per heavy atom. The van der Waals surface area contributed by atoms with Gasteiger partial charge in [0.15, 0.2) is 9.84 Å². The van der Waals surface area contributed by atoms with E-state index in [4.69, 9.17) is 0 Å². The van der Waals surface area contributed by atoms with Gasteiger partial charge in [-0.2, -0.15) is 0 Å². The summed E-state index contributed by atoms with van der Waals surface area (Å²) >= 11 is 0. The number of rotatable bonds is 3. The number of para-hydroxylation sites is 2. The largest absolute Gasteiger partial charge is 0.323 e. The van der Waals surface area contributed by atoms with Crippen LogP contribution in [-0.4, -0.2) is 32.0 Å². The van der Waals surface area contributed by atoms with E-state index < -0.39 is 15.1 Å². The lowest BCUT2D eigenvalue weighted by Gasteiger charge is -2.29. The van der Waals surface area contributed by atoms with Crippen LogP contribution in [0.5, 0.6) is 0 Å². The molecule has 2 aromatic carbocycles. The fraction of sp³-hybridized carbons (Fsp3) is 0.222. The number of carbonyl (C=O) groups is 2. The summed E-state index contributed by atoms with van der Waals surface area (Å²) in [6, 6.07) is 12.9. The van der Waals surface area contributed by atoms with Crippen LogP contribution in [0.15, 0.2) is 53.4 Å². The number of fused-ring (bicyclic) bond motifs is 1. The van der Waals surface area contributed by atoms with Crippen LogP contribution in [0.2, 0.25) is 0 Å². The maximum atomic E-state index is 12.8. The number of carbonyl (C=O) groups excluding carboxylic acids is 2. The van der Waals surface area contributed by atoms with Crippen molar-refractivity contribution in [2.45, 2.75) is 24.0 Å². The van der Waals surface area contributed by atoms with Crippen LogP contribution in [0.1, 0.15) is 24.2 Å². The molecule has 1 aliphatic heterocycles. The van der Waals surface area contributed by atoms with Gasteiger partial charge in [0.1, 0.15) is 6.54 Å². The summed E-state index contributed by atoms with van der Waals surface area (Å²) in [7, 11) is -3.39. The third-order valence-corrected chi connectivity index (χ3v) is 6.24. The molecule has 3 rings (SSSR count). The topological polar surface area (TPSA) is 83.6 Å². The smallest absolute Gasteiger partial charge is 0.258 e. The third-order valence-electron chi connectivity index (χ3n) is 4.07. The van der Waals surface area contributed by atoms with E-state index in [9.17, 15) is 18.0 Å². The number of sulfone groups is 1. The quantitative estimate of drug-likeness (QED) is 0.914. The third kappa shape index (κ3) is 3.15. The highest BCUT2D eigenvalue weighted by molar-refractivity contribution is 7.92. The molecule has 0 aliphatic carbocycles. The van der Waals surface area contributed by atoms with Gasteiger partial charge in [-0.05, 0) is 50.2 Å². The minimum absolute atomic E-state index is 0.0815. The molecule has 0 spiro atoms. The zero-order chi connectivity index (χ0) is 18.2. The highest BCUT2D eigenvalue weighted by atomic mass is 32.2. The molecular formula is C18H18N2O4S. The minimum Gasteiger partial charge on any atom is -0.323 e. The lowest BCUT2D eigenvalue weighted by Crippen LogP contribution is -2.42. The molecule has 1 aliphatic rings. The molecule has 0 atom stereocenters. The van der Waals surface area contributed by atoms with Gasteiger partial charge < -0.3 is 5.32 Å². The Balaban J connectivity index is 1.93. The Hall–Kier alpha value is -2.67. The first-order chi connectivity index (χ1) is 11.8. The summed E-state index contributed by atoms with van der Waals surface area (Å²) < 4.78 is 24.3. The standard InChI is InChI=1S/C18H18N2O4S/c1-12(2)25(23,24)14-9-7-13(8-10-14)18(22)20-11-17(21)19-15-5-3-4-6-16(15)20/h3-10,12H,11H2,1-2H3,(H,19,21). The molecule has 0 fully saturated rings. The van der Waals surface area contributed by atoms with Crippen LogP contribution >= 0.6 is 0 Å². The van der Waals surface area contributed by atoms with Gasteiger partial charge >= 0.3 is 0 Å². The number of amides is 2.